The molecule has 0 aliphatic heterocycles. The summed E-state index contributed by atoms with van der Waals surface area (Å²) in [5.41, 5.74) is 2.03. The Morgan fingerprint density at radius 2 is 2.18 bits per heavy atom. The van der Waals surface area contributed by atoms with Crippen LogP contribution < -0.4 is 5.32 Å². The Morgan fingerprint density at radius 1 is 1.41 bits per heavy atom. The largest absolute Gasteiger partial charge is 0.368 e. The van der Waals surface area contributed by atoms with E-state index in [0.717, 1.165) is 15.8 Å². The van der Waals surface area contributed by atoms with E-state index in [-0.39, 0.29) is 5.75 Å². The minimum atomic E-state index is -2.94. The van der Waals surface area contributed by atoms with Crippen LogP contribution in [0.1, 0.15) is 5.56 Å². The summed E-state index contributed by atoms with van der Waals surface area (Å²) in [6, 6.07) is 0. The van der Waals surface area contributed by atoms with Crippen molar-refractivity contribution in [3.63, 3.8) is 0 Å². The molecule has 0 aliphatic rings. The number of sulfone groups is 1. The first-order chi connectivity index (χ1) is 7.97. The number of thiophene rings is 1. The van der Waals surface area contributed by atoms with Gasteiger partial charge in [0.2, 0.25) is 0 Å². The summed E-state index contributed by atoms with van der Waals surface area (Å²) >= 11 is 1.56. The van der Waals surface area contributed by atoms with E-state index in [1.54, 1.807) is 11.3 Å². The zero-order valence-corrected chi connectivity index (χ0v) is 11.2. The van der Waals surface area contributed by atoms with Crippen molar-refractivity contribution in [2.24, 2.45) is 0 Å². The van der Waals surface area contributed by atoms with Crippen molar-refractivity contribution >= 4 is 37.2 Å². The lowest BCUT2D eigenvalue weighted by molar-refractivity contribution is 0.602. The molecular formula is C10H13N3O2S2. The lowest BCUT2D eigenvalue weighted by Crippen LogP contribution is -2.14. The lowest BCUT2D eigenvalue weighted by atomic mass is 10.3. The number of anilines is 1. The summed E-state index contributed by atoms with van der Waals surface area (Å²) in [6.45, 7) is 2.36. The summed E-state index contributed by atoms with van der Waals surface area (Å²) < 4.78 is 23.0. The zero-order valence-electron chi connectivity index (χ0n) is 9.60. The molecular weight excluding hydrogens is 258 g/mol. The molecule has 0 fully saturated rings. The molecule has 2 aromatic rings. The summed E-state index contributed by atoms with van der Waals surface area (Å²) in [5.74, 6) is 0.805. The molecule has 0 amide bonds. The van der Waals surface area contributed by atoms with E-state index in [1.165, 1.54) is 12.6 Å². The maximum absolute atomic E-state index is 11.0. The molecule has 17 heavy (non-hydrogen) atoms. The van der Waals surface area contributed by atoms with Gasteiger partial charge in [-0.15, -0.1) is 11.3 Å². The van der Waals surface area contributed by atoms with Crippen LogP contribution in [0.2, 0.25) is 0 Å². The van der Waals surface area contributed by atoms with Crippen LogP contribution in [0, 0.1) is 6.92 Å². The first-order valence-electron chi connectivity index (χ1n) is 5.08. The Morgan fingerprint density at radius 3 is 2.88 bits per heavy atom. The minimum Gasteiger partial charge on any atom is -0.368 e. The molecule has 2 aromatic heterocycles. The second kappa shape index (κ2) is 4.58. The van der Waals surface area contributed by atoms with Gasteiger partial charge in [-0.1, -0.05) is 0 Å². The highest BCUT2D eigenvalue weighted by molar-refractivity contribution is 7.90. The average Bonchev–Trinajstić information content (AvgIpc) is 2.60. The van der Waals surface area contributed by atoms with Gasteiger partial charge in [0, 0.05) is 12.8 Å². The maximum atomic E-state index is 11.0. The minimum absolute atomic E-state index is 0.100. The van der Waals surface area contributed by atoms with Crippen molar-refractivity contribution in [2.45, 2.75) is 6.92 Å². The van der Waals surface area contributed by atoms with Crippen LogP contribution in [0.25, 0.3) is 10.2 Å². The van der Waals surface area contributed by atoms with Crippen LogP contribution in [0.3, 0.4) is 0 Å². The maximum Gasteiger partial charge on any atom is 0.149 e. The molecule has 0 saturated heterocycles. The molecule has 2 heterocycles. The van der Waals surface area contributed by atoms with Crippen LogP contribution in [-0.2, 0) is 9.84 Å². The third-order valence-electron chi connectivity index (χ3n) is 2.30. The number of fused-ring (bicyclic) bond motifs is 1. The van der Waals surface area contributed by atoms with Gasteiger partial charge >= 0.3 is 0 Å². The highest BCUT2D eigenvalue weighted by Gasteiger charge is 2.08. The molecule has 0 saturated carbocycles. The van der Waals surface area contributed by atoms with Gasteiger partial charge in [-0.25, -0.2) is 18.4 Å². The third kappa shape index (κ3) is 2.92. The van der Waals surface area contributed by atoms with E-state index >= 15 is 0 Å². The standard InChI is InChI=1S/C10H13N3O2S2/c1-7-5-16-9-8(7)12-6-13-10(9)11-3-4-17(2,14)15/h5-6H,3-4H2,1-2H3,(H,11,12,13). The van der Waals surface area contributed by atoms with E-state index in [2.05, 4.69) is 15.3 Å². The molecule has 0 bridgehead atoms. The fourth-order valence-electron chi connectivity index (χ4n) is 1.45. The van der Waals surface area contributed by atoms with Crippen LogP contribution in [-0.4, -0.2) is 36.9 Å². The third-order valence-corrected chi connectivity index (χ3v) is 4.34. The van der Waals surface area contributed by atoms with E-state index in [4.69, 9.17) is 0 Å². The number of hydrogen-bond acceptors (Lipinski definition) is 6. The molecule has 0 aliphatic carbocycles. The van der Waals surface area contributed by atoms with Crippen LogP contribution in [0.5, 0.6) is 0 Å². The van der Waals surface area contributed by atoms with Crippen molar-refractivity contribution in [1.29, 1.82) is 0 Å². The summed E-state index contributed by atoms with van der Waals surface area (Å²) in [7, 11) is -2.94. The van der Waals surface area contributed by atoms with Gasteiger partial charge in [-0.3, -0.25) is 0 Å². The number of hydrogen-bond donors (Lipinski definition) is 1. The number of nitrogens with one attached hydrogen (secondary N) is 1. The molecule has 2 rings (SSSR count). The van der Waals surface area contributed by atoms with E-state index < -0.39 is 9.84 Å². The number of aromatic nitrogens is 2. The van der Waals surface area contributed by atoms with Gasteiger partial charge in [0.25, 0.3) is 0 Å². The Bertz CT molecular complexity index is 634. The Hall–Kier alpha value is -1.21. The van der Waals surface area contributed by atoms with E-state index in [1.807, 2.05) is 12.3 Å². The first-order valence-corrected chi connectivity index (χ1v) is 8.02. The number of rotatable bonds is 4. The molecule has 0 atom stereocenters. The summed E-state index contributed by atoms with van der Waals surface area (Å²) in [6.07, 6.45) is 2.71. The summed E-state index contributed by atoms with van der Waals surface area (Å²) in [5, 5.41) is 5.05. The Balaban J connectivity index is 2.19. The molecule has 0 spiro atoms. The smallest absolute Gasteiger partial charge is 0.149 e. The molecule has 0 aromatic carbocycles. The van der Waals surface area contributed by atoms with Gasteiger partial charge < -0.3 is 5.32 Å². The fourth-order valence-corrected chi connectivity index (χ4v) is 2.89. The van der Waals surface area contributed by atoms with Crippen LogP contribution in [0.4, 0.5) is 5.82 Å². The molecule has 5 nitrogen and oxygen atoms in total. The Kier molecular flexibility index (Phi) is 3.30. The molecule has 1 N–H and O–H groups in total. The van der Waals surface area contributed by atoms with Gasteiger partial charge in [0.05, 0.1) is 16.0 Å². The normalized spacial score (nSPS) is 11.9. The second-order valence-electron chi connectivity index (χ2n) is 3.88. The molecule has 7 heteroatoms. The monoisotopic (exact) mass is 271 g/mol. The highest BCUT2D eigenvalue weighted by Crippen LogP contribution is 2.28. The average molecular weight is 271 g/mol. The molecule has 0 radical (unpaired) electrons. The Labute approximate surface area is 104 Å². The fraction of sp³-hybridized carbons (Fsp3) is 0.400. The predicted octanol–water partition coefficient (Wildman–Crippen LogP) is 1.46. The van der Waals surface area contributed by atoms with E-state index in [0.29, 0.717) is 12.4 Å². The number of nitrogens with zero attached hydrogens (tertiary/aromatic N) is 2. The van der Waals surface area contributed by atoms with Gasteiger partial charge in [0.1, 0.15) is 22.0 Å². The predicted molar refractivity (Wildman–Crippen MR) is 70.4 cm³/mol. The topological polar surface area (TPSA) is 72.0 Å². The van der Waals surface area contributed by atoms with E-state index in [9.17, 15) is 8.42 Å². The summed E-state index contributed by atoms with van der Waals surface area (Å²) in [4.78, 5) is 8.33. The number of aryl methyl sites for hydroxylation is 1. The molecule has 0 unspecified atom stereocenters. The quantitative estimate of drug-likeness (QED) is 0.911. The first kappa shape index (κ1) is 12.3. The van der Waals surface area contributed by atoms with Gasteiger partial charge in [-0.2, -0.15) is 0 Å². The highest BCUT2D eigenvalue weighted by atomic mass is 32.2. The molecule has 92 valence electrons. The lowest BCUT2D eigenvalue weighted by Gasteiger charge is -2.05. The van der Waals surface area contributed by atoms with Crippen LogP contribution in [0.15, 0.2) is 11.7 Å². The van der Waals surface area contributed by atoms with Crippen molar-refractivity contribution in [3.8, 4) is 0 Å². The van der Waals surface area contributed by atoms with Crippen molar-refractivity contribution in [2.75, 3.05) is 23.9 Å². The van der Waals surface area contributed by atoms with Gasteiger partial charge in [-0.05, 0) is 17.9 Å². The zero-order chi connectivity index (χ0) is 12.5. The van der Waals surface area contributed by atoms with Crippen molar-refractivity contribution in [1.82, 2.24) is 9.97 Å². The van der Waals surface area contributed by atoms with Crippen molar-refractivity contribution in [3.05, 3.63) is 17.3 Å². The van der Waals surface area contributed by atoms with Crippen molar-refractivity contribution < 1.29 is 8.42 Å². The second-order valence-corrected chi connectivity index (χ2v) is 7.01. The van der Waals surface area contributed by atoms with Gasteiger partial charge in [0.15, 0.2) is 0 Å². The van der Waals surface area contributed by atoms with Crippen LogP contribution >= 0.6 is 11.3 Å². The SMILES string of the molecule is Cc1csc2c(NCCS(C)(=O)=O)ncnc12.